The molecule has 0 aliphatic heterocycles. The summed E-state index contributed by atoms with van der Waals surface area (Å²) in [6, 6.07) is 8.91. The Morgan fingerprint density at radius 2 is 1.21 bits per heavy atom. The average Bonchev–Trinajstić information content (AvgIpc) is 2.28. The van der Waals surface area contributed by atoms with Crippen LogP contribution < -0.4 is 0 Å². The fourth-order valence-electron chi connectivity index (χ4n) is 2.98. The van der Waals surface area contributed by atoms with Crippen molar-refractivity contribution in [1.82, 2.24) is 0 Å². The van der Waals surface area contributed by atoms with Crippen LogP contribution in [-0.2, 0) is 10.8 Å². The number of benzene rings is 1. The summed E-state index contributed by atoms with van der Waals surface area (Å²) in [4.78, 5) is 0. The van der Waals surface area contributed by atoms with Gasteiger partial charge in [0.25, 0.3) is 0 Å². The van der Waals surface area contributed by atoms with Crippen molar-refractivity contribution in [3.05, 3.63) is 35.4 Å². The molecule has 76 valence electrons. The summed E-state index contributed by atoms with van der Waals surface area (Å²) in [5, 5.41) is 0. The van der Waals surface area contributed by atoms with E-state index in [4.69, 9.17) is 0 Å². The van der Waals surface area contributed by atoms with Gasteiger partial charge in [-0.2, -0.15) is 0 Å². The van der Waals surface area contributed by atoms with Gasteiger partial charge in [0.2, 0.25) is 0 Å². The first-order chi connectivity index (χ1) is 6.38. The molecule has 0 spiro atoms. The zero-order valence-electron chi connectivity index (χ0n) is 9.89. The third-order valence-electron chi connectivity index (χ3n) is 4.48. The number of rotatable bonds is 0. The van der Waals surface area contributed by atoms with Crippen LogP contribution in [-0.4, -0.2) is 0 Å². The summed E-state index contributed by atoms with van der Waals surface area (Å²) < 4.78 is 0. The van der Waals surface area contributed by atoms with Crippen molar-refractivity contribution in [3.8, 4) is 0 Å². The predicted octanol–water partition coefficient (Wildman–Crippen LogP) is 3.89. The minimum Gasteiger partial charge on any atom is -0.0620 e. The second-order valence-electron chi connectivity index (χ2n) is 5.71. The Morgan fingerprint density at radius 3 is 1.57 bits per heavy atom. The molecule has 0 bridgehead atoms. The molecular weight excluding hydrogens is 168 g/mol. The Hall–Kier alpha value is -0.780. The maximum absolute atomic E-state index is 2.38. The lowest BCUT2D eigenvalue weighted by atomic mass is 9.71. The first-order valence-corrected chi connectivity index (χ1v) is 5.48. The van der Waals surface area contributed by atoms with Gasteiger partial charge in [-0.25, -0.2) is 0 Å². The van der Waals surface area contributed by atoms with Crippen molar-refractivity contribution in [2.45, 2.75) is 45.4 Å². The van der Waals surface area contributed by atoms with E-state index in [9.17, 15) is 0 Å². The van der Waals surface area contributed by atoms with Gasteiger partial charge in [0, 0.05) is 0 Å². The van der Waals surface area contributed by atoms with Gasteiger partial charge in [0.1, 0.15) is 0 Å². The molecule has 0 N–H and O–H groups in total. The topological polar surface area (TPSA) is 0 Å². The summed E-state index contributed by atoms with van der Waals surface area (Å²) >= 11 is 0. The molecule has 0 heteroatoms. The molecule has 0 saturated carbocycles. The second-order valence-corrected chi connectivity index (χ2v) is 5.71. The van der Waals surface area contributed by atoms with E-state index in [2.05, 4.69) is 58.9 Å². The van der Waals surface area contributed by atoms with Crippen molar-refractivity contribution in [2.24, 2.45) is 5.92 Å². The van der Waals surface area contributed by atoms with Gasteiger partial charge < -0.3 is 0 Å². The van der Waals surface area contributed by atoms with Crippen LogP contribution in [0.4, 0.5) is 0 Å². The quantitative estimate of drug-likeness (QED) is 0.579. The van der Waals surface area contributed by atoms with Gasteiger partial charge >= 0.3 is 0 Å². The summed E-state index contributed by atoms with van der Waals surface area (Å²) in [6.45, 7) is 11.8. The Balaban J connectivity index is 2.70. The van der Waals surface area contributed by atoms with E-state index in [1.165, 1.54) is 11.1 Å². The highest BCUT2D eigenvalue weighted by molar-refractivity contribution is 5.45. The lowest BCUT2D eigenvalue weighted by Gasteiger charge is -2.32. The van der Waals surface area contributed by atoms with Gasteiger partial charge in [-0.15, -0.1) is 0 Å². The van der Waals surface area contributed by atoms with Gasteiger partial charge in [-0.1, -0.05) is 58.9 Å². The monoisotopic (exact) mass is 188 g/mol. The van der Waals surface area contributed by atoms with Crippen molar-refractivity contribution in [2.75, 3.05) is 0 Å². The van der Waals surface area contributed by atoms with Crippen LogP contribution >= 0.6 is 0 Å². The maximum atomic E-state index is 2.38. The van der Waals surface area contributed by atoms with Crippen LogP contribution in [0.15, 0.2) is 24.3 Å². The van der Waals surface area contributed by atoms with Gasteiger partial charge in [0.15, 0.2) is 0 Å². The zero-order valence-corrected chi connectivity index (χ0v) is 9.89. The van der Waals surface area contributed by atoms with Crippen LogP contribution in [0.1, 0.15) is 45.7 Å². The van der Waals surface area contributed by atoms with Gasteiger partial charge in [0.05, 0.1) is 0 Å². The molecule has 0 unspecified atom stereocenters. The molecule has 2 rings (SSSR count). The fraction of sp³-hybridized carbons (Fsp3) is 0.571. The highest BCUT2D eigenvalue weighted by atomic mass is 14.5. The SMILES string of the molecule is CC1C(C)(C)c2ccccc2C1(C)C. The van der Waals surface area contributed by atoms with E-state index < -0.39 is 0 Å². The van der Waals surface area contributed by atoms with E-state index in [1.54, 1.807) is 0 Å². The molecule has 1 aliphatic rings. The summed E-state index contributed by atoms with van der Waals surface area (Å²) in [5.74, 6) is 0.701. The molecule has 0 atom stereocenters. The Morgan fingerprint density at radius 1 is 0.857 bits per heavy atom. The molecule has 0 radical (unpaired) electrons. The largest absolute Gasteiger partial charge is 0.0620 e. The molecule has 0 heterocycles. The minimum absolute atomic E-state index is 0.320. The molecule has 0 fully saturated rings. The molecule has 1 aromatic rings. The Bertz CT molecular complexity index is 323. The van der Waals surface area contributed by atoms with E-state index in [0.29, 0.717) is 16.7 Å². The molecule has 1 aliphatic carbocycles. The molecular formula is C14H20. The fourth-order valence-corrected chi connectivity index (χ4v) is 2.98. The molecule has 0 nitrogen and oxygen atoms in total. The first kappa shape index (κ1) is 9.76. The Kier molecular flexibility index (Phi) is 1.83. The summed E-state index contributed by atoms with van der Waals surface area (Å²) in [5.41, 5.74) is 3.72. The molecule has 1 aromatic carbocycles. The van der Waals surface area contributed by atoms with Crippen LogP contribution in [0.5, 0.6) is 0 Å². The van der Waals surface area contributed by atoms with E-state index in [0.717, 1.165) is 0 Å². The van der Waals surface area contributed by atoms with Gasteiger partial charge in [-0.3, -0.25) is 0 Å². The van der Waals surface area contributed by atoms with Gasteiger partial charge in [-0.05, 0) is 27.9 Å². The van der Waals surface area contributed by atoms with E-state index >= 15 is 0 Å². The van der Waals surface area contributed by atoms with E-state index in [-0.39, 0.29) is 0 Å². The first-order valence-electron chi connectivity index (χ1n) is 5.48. The van der Waals surface area contributed by atoms with Crippen LogP contribution in [0.25, 0.3) is 0 Å². The zero-order chi connectivity index (χ0) is 10.6. The smallest absolute Gasteiger partial charge is 0.00667 e. The highest BCUT2D eigenvalue weighted by Gasteiger charge is 2.47. The lowest BCUT2D eigenvalue weighted by molar-refractivity contribution is 0.264. The molecule has 0 saturated heterocycles. The highest BCUT2D eigenvalue weighted by Crippen LogP contribution is 2.53. The minimum atomic E-state index is 0.320. The lowest BCUT2D eigenvalue weighted by Crippen LogP contribution is -2.30. The number of fused-ring (bicyclic) bond motifs is 1. The van der Waals surface area contributed by atoms with Crippen molar-refractivity contribution in [3.63, 3.8) is 0 Å². The number of hydrogen-bond donors (Lipinski definition) is 0. The van der Waals surface area contributed by atoms with Crippen LogP contribution in [0.3, 0.4) is 0 Å². The van der Waals surface area contributed by atoms with Crippen LogP contribution in [0, 0.1) is 5.92 Å². The molecule has 0 amide bonds. The third kappa shape index (κ3) is 1.00. The predicted molar refractivity (Wildman–Crippen MR) is 61.7 cm³/mol. The van der Waals surface area contributed by atoms with Crippen molar-refractivity contribution >= 4 is 0 Å². The summed E-state index contributed by atoms with van der Waals surface area (Å²) in [7, 11) is 0. The van der Waals surface area contributed by atoms with Crippen molar-refractivity contribution in [1.29, 1.82) is 0 Å². The van der Waals surface area contributed by atoms with E-state index in [1.807, 2.05) is 0 Å². The molecule has 14 heavy (non-hydrogen) atoms. The number of hydrogen-bond acceptors (Lipinski definition) is 0. The van der Waals surface area contributed by atoms with Crippen molar-refractivity contribution < 1.29 is 0 Å². The molecule has 0 aromatic heterocycles. The Labute approximate surface area is 87.3 Å². The third-order valence-corrected chi connectivity index (χ3v) is 4.48. The standard InChI is InChI=1S/C14H20/c1-10-13(2,3)11-8-6-7-9-12(11)14(10,4)5/h6-10H,1-5H3. The summed E-state index contributed by atoms with van der Waals surface area (Å²) in [6.07, 6.45) is 0. The second kappa shape index (κ2) is 2.62. The van der Waals surface area contributed by atoms with Crippen LogP contribution in [0.2, 0.25) is 0 Å². The average molecular weight is 188 g/mol. The normalized spacial score (nSPS) is 23.5. The maximum Gasteiger partial charge on any atom is -0.00667 e.